The van der Waals surface area contributed by atoms with Crippen LogP contribution in [0.15, 0.2) is 42.5 Å². The van der Waals surface area contributed by atoms with Gasteiger partial charge in [-0.3, -0.25) is 4.79 Å². The third-order valence-corrected chi connectivity index (χ3v) is 3.32. The van der Waals surface area contributed by atoms with Gasteiger partial charge in [0, 0.05) is 0 Å². The number of carbonyl (C=O) groups excluding carboxylic acids is 1. The first kappa shape index (κ1) is 15.1. The SMILES string of the molecule is COc1ccc(C)cc1C(=O)C=Cc1ccc(O)c(Cl)c1. The van der Waals surface area contributed by atoms with Gasteiger partial charge in [-0.05, 0) is 42.8 Å². The molecule has 21 heavy (non-hydrogen) atoms. The zero-order valence-electron chi connectivity index (χ0n) is 11.8. The summed E-state index contributed by atoms with van der Waals surface area (Å²) in [5.74, 6) is 0.402. The maximum absolute atomic E-state index is 12.3. The van der Waals surface area contributed by atoms with Crippen molar-refractivity contribution in [3.05, 3.63) is 64.2 Å². The van der Waals surface area contributed by atoms with Crippen LogP contribution in [0.1, 0.15) is 21.5 Å². The molecule has 0 saturated heterocycles. The summed E-state index contributed by atoms with van der Waals surface area (Å²) in [6.07, 6.45) is 3.11. The normalized spacial score (nSPS) is 10.8. The van der Waals surface area contributed by atoms with Crippen LogP contribution in [0.3, 0.4) is 0 Å². The van der Waals surface area contributed by atoms with Crippen molar-refractivity contribution in [2.24, 2.45) is 0 Å². The van der Waals surface area contributed by atoms with Gasteiger partial charge in [0.1, 0.15) is 11.5 Å². The van der Waals surface area contributed by atoms with E-state index in [0.29, 0.717) is 11.3 Å². The number of hydrogen-bond donors (Lipinski definition) is 1. The van der Waals surface area contributed by atoms with Gasteiger partial charge in [0.05, 0.1) is 17.7 Å². The van der Waals surface area contributed by atoms with Crippen LogP contribution in [0.2, 0.25) is 5.02 Å². The summed E-state index contributed by atoms with van der Waals surface area (Å²) in [7, 11) is 1.53. The minimum Gasteiger partial charge on any atom is -0.506 e. The highest BCUT2D eigenvalue weighted by Crippen LogP contribution is 2.25. The molecule has 0 aliphatic carbocycles. The van der Waals surface area contributed by atoms with Crippen molar-refractivity contribution in [2.45, 2.75) is 6.92 Å². The number of rotatable bonds is 4. The van der Waals surface area contributed by atoms with E-state index in [0.717, 1.165) is 11.1 Å². The quantitative estimate of drug-likeness (QED) is 0.678. The number of benzene rings is 2. The van der Waals surface area contributed by atoms with Crippen molar-refractivity contribution < 1.29 is 14.6 Å². The monoisotopic (exact) mass is 302 g/mol. The van der Waals surface area contributed by atoms with Crippen LogP contribution < -0.4 is 4.74 Å². The third kappa shape index (κ3) is 3.64. The molecule has 4 heteroatoms. The molecule has 0 saturated carbocycles. The average molecular weight is 303 g/mol. The van der Waals surface area contributed by atoms with Gasteiger partial charge < -0.3 is 9.84 Å². The molecule has 108 valence electrons. The summed E-state index contributed by atoms with van der Waals surface area (Å²) in [6, 6.07) is 10.2. The number of phenols is 1. The van der Waals surface area contributed by atoms with Gasteiger partial charge in [-0.1, -0.05) is 35.4 Å². The second-order valence-electron chi connectivity index (χ2n) is 4.61. The summed E-state index contributed by atoms with van der Waals surface area (Å²) in [6.45, 7) is 1.92. The molecule has 2 rings (SSSR count). The number of aromatic hydroxyl groups is 1. The number of aryl methyl sites for hydroxylation is 1. The van der Waals surface area contributed by atoms with Crippen LogP contribution in [-0.4, -0.2) is 18.0 Å². The van der Waals surface area contributed by atoms with Crippen molar-refractivity contribution >= 4 is 23.5 Å². The summed E-state index contributed by atoms with van der Waals surface area (Å²) in [5.41, 5.74) is 2.23. The molecule has 0 aliphatic rings. The Hall–Kier alpha value is -2.26. The standard InChI is InChI=1S/C17H15ClO3/c1-11-3-8-17(21-2)13(9-11)15(19)6-4-12-5-7-16(20)14(18)10-12/h3-10,20H,1-2H3. The van der Waals surface area contributed by atoms with E-state index in [-0.39, 0.29) is 16.6 Å². The summed E-state index contributed by atoms with van der Waals surface area (Å²) in [5, 5.41) is 9.61. The average Bonchev–Trinajstić information content (AvgIpc) is 2.48. The molecule has 0 bridgehead atoms. The van der Waals surface area contributed by atoms with E-state index >= 15 is 0 Å². The van der Waals surface area contributed by atoms with Crippen LogP contribution >= 0.6 is 11.6 Å². The Balaban J connectivity index is 2.26. The zero-order chi connectivity index (χ0) is 15.4. The van der Waals surface area contributed by atoms with E-state index in [1.165, 1.54) is 19.3 Å². The highest BCUT2D eigenvalue weighted by atomic mass is 35.5. The van der Waals surface area contributed by atoms with Gasteiger partial charge in [-0.25, -0.2) is 0 Å². The predicted octanol–water partition coefficient (Wildman–Crippen LogP) is 4.26. The molecule has 0 unspecified atom stereocenters. The lowest BCUT2D eigenvalue weighted by atomic mass is 10.1. The Morgan fingerprint density at radius 2 is 2.00 bits per heavy atom. The third-order valence-electron chi connectivity index (χ3n) is 3.02. The van der Waals surface area contributed by atoms with Gasteiger partial charge in [-0.15, -0.1) is 0 Å². The van der Waals surface area contributed by atoms with Gasteiger partial charge >= 0.3 is 0 Å². The van der Waals surface area contributed by atoms with Crippen molar-refractivity contribution in [1.29, 1.82) is 0 Å². The maximum atomic E-state index is 12.3. The van der Waals surface area contributed by atoms with Crippen LogP contribution in [0.25, 0.3) is 6.08 Å². The first-order chi connectivity index (χ1) is 10.0. The van der Waals surface area contributed by atoms with Gasteiger partial charge in [0.15, 0.2) is 5.78 Å². The number of halogens is 1. The molecule has 0 heterocycles. The number of ketones is 1. The summed E-state index contributed by atoms with van der Waals surface area (Å²) in [4.78, 5) is 12.3. The number of allylic oxidation sites excluding steroid dienone is 1. The Kier molecular flexibility index (Phi) is 4.66. The van der Waals surface area contributed by atoms with Crippen LogP contribution in [-0.2, 0) is 0 Å². The fourth-order valence-electron chi connectivity index (χ4n) is 1.90. The highest BCUT2D eigenvalue weighted by Gasteiger charge is 2.09. The first-order valence-corrected chi connectivity index (χ1v) is 6.74. The number of ether oxygens (including phenoxy) is 1. The molecule has 3 nitrogen and oxygen atoms in total. The van der Waals surface area contributed by atoms with E-state index in [1.807, 2.05) is 13.0 Å². The predicted molar refractivity (Wildman–Crippen MR) is 84.2 cm³/mol. The topological polar surface area (TPSA) is 46.5 Å². The van der Waals surface area contributed by atoms with Crippen LogP contribution in [0.5, 0.6) is 11.5 Å². The Labute approximate surface area is 128 Å². The maximum Gasteiger partial charge on any atom is 0.189 e. The zero-order valence-corrected chi connectivity index (χ0v) is 12.5. The van der Waals surface area contributed by atoms with Crippen LogP contribution in [0.4, 0.5) is 0 Å². The number of carbonyl (C=O) groups is 1. The molecular weight excluding hydrogens is 288 g/mol. The summed E-state index contributed by atoms with van der Waals surface area (Å²) >= 11 is 5.83. The van der Waals surface area contributed by atoms with Crippen molar-refractivity contribution in [2.75, 3.05) is 7.11 Å². The number of phenolic OH excluding ortho intramolecular Hbond substituents is 1. The second-order valence-corrected chi connectivity index (χ2v) is 5.02. The van der Waals surface area contributed by atoms with E-state index < -0.39 is 0 Å². The van der Waals surface area contributed by atoms with Crippen molar-refractivity contribution in [3.63, 3.8) is 0 Å². The lowest BCUT2D eigenvalue weighted by molar-refractivity contribution is 0.104. The minimum atomic E-state index is -0.153. The van der Waals surface area contributed by atoms with E-state index in [9.17, 15) is 9.90 Å². The molecule has 0 radical (unpaired) electrons. The van der Waals surface area contributed by atoms with Gasteiger partial charge in [0.25, 0.3) is 0 Å². The molecule has 0 aliphatic heterocycles. The first-order valence-electron chi connectivity index (χ1n) is 6.37. The summed E-state index contributed by atoms with van der Waals surface area (Å²) < 4.78 is 5.20. The lowest BCUT2D eigenvalue weighted by Crippen LogP contribution is -1.99. The minimum absolute atomic E-state index is 0.0143. The van der Waals surface area contributed by atoms with Gasteiger partial charge in [0.2, 0.25) is 0 Å². The molecule has 0 aromatic heterocycles. The molecule has 2 aromatic rings. The fourth-order valence-corrected chi connectivity index (χ4v) is 2.09. The second kappa shape index (κ2) is 6.46. The number of hydrogen-bond acceptors (Lipinski definition) is 3. The van der Waals surface area contributed by atoms with E-state index in [4.69, 9.17) is 16.3 Å². The van der Waals surface area contributed by atoms with Gasteiger partial charge in [-0.2, -0.15) is 0 Å². The molecule has 0 amide bonds. The van der Waals surface area contributed by atoms with E-state index in [2.05, 4.69) is 0 Å². The van der Waals surface area contributed by atoms with Crippen molar-refractivity contribution in [3.8, 4) is 11.5 Å². The molecule has 0 atom stereocenters. The Morgan fingerprint density at radius 3 is 2.67 bits per heavy atom. The van der Waals surface area contributed by atoms with Crippen LogP contribution in [0, 0.1) is 6.92 Å². The van der Waals surface area contributed by atoms with E-state index in [1.54, 1.807) is 30.3 Å². The number of methoxy groups -OCH3 is 1. The largest absolute Gasteiger partial charge is 0.506 e. The lowest BCUT2D eigenvalue weighted by Gasteiger charge is -2.06. The smallest absolute Gasteiger partial charge is 0.189 e. The molecule has 1 N–H and O–H groups in total. The highest BCUT2D eigenvalue weighted by molar-refractivity contribution is 6.32. The Bertz CT molecular complexity index is 705. The Morgan fingerprint density at radius 1 is 1.24 bits per heavy atom. The molecule has 0 fully saturated rings. The molecular formula is C17H15ClO3. The van der Waals surface area contributed by atoms with Crippen molar-refractivity contribution in [1.82, 2.24) is 0 Å². The molecule has 0 spiro atoms. The fraction of sp³-hybridized carbons (Fsp3) is 0.118. The molecule has 2 aromatic carbocycles.